The number of carbonyl (C=O) groups excluding carboxylic acids is 2. The number of aromatic nitrogens is 4. The molecule has 0 saturated heterocycles. The van der Waals surface area contributed by atoms with Crippen molar-refractivity contribution >= 4 is 27.7 Å². The minimum absolute atomic E-state index is 0.112. The van der Waals surface area contributed by atoms with Gasteiger partial charge in [-0.05, 0) is 48.0 Å². The average molecular weight is 449 g/mol. The van der Waals surface area contributed by atoms with Gasteiger partial charge in [0.15, 0.2) is 5.76 Å². The van der Waals surface area contributed by atoms with E-state index >= 15 is 0 Å². The van der Waals surface area contributed by atoms with Crippen LogP contribution in [0.2, 0.25) is 0 Å². The zero-order valence-corrected chi connectivity index (χ0v) is 17.4. The Labute approximate surface area is 170 Å². The number of nitrogens with one attached hydrogen (secondary N) is 2. The quantitative estimate of drug-likeness (QED) is 0.562. The predicted octanol–water partition coefficient (Wildman–Crippen LogP) is 2.20. The maximum absolute atomic E-state index is 12.2. The fourth-order valence-electron chi connectivity index (χ4n) is 2.67. The molecule has 0 aliphatic heterocycles. The van der Waals surface area contributed by atoms with Gasteiger partial charge in [0.05, 0.1) is 35.4 Å². The highest BCUT2D eigenvalue weighted by Crippen LogP contribution is 2.12. The molecule has 0 spiro atoms. The molecule has 9 nitrogen and oxygen atoms in total. The highest BCUT2D eigenvalue weighted by atomic mass is 79.9. The number of halogens is 1. The first kappa shape index (κ1) is 19.9. The first-order valence-corrected chi connectivity index (χ1v) is 9.49. The second-order valence-electron chi connectivity index (χ2n) is 6.58. The third kappa shape index (κ3) is 4.89. The fraction of sp³-hybridized carbons (Fsp3) is 0.333. The molecule has 0 saturated carbocycles. The van der Waals surface area contributed by atoms with Gasteiger partial charge in [-0.1, -0.05) is 6.92 Å². The van der Waals surface area contributed by atoms with Gasteiger partial charge in [-0.15, -0.1) is 0 Å². The summed E-state index contributed by atoms with van der Waals surface area (Å²) in [5.41, 5.74) is 6.70. The number of furan rings is 1. The lowest BCUT2D eigenvalue weighted by Gasteiger charge is -2.12. The molecule has 3 rings (SSSR count). The summed E-state index contributed by atoms with van der Waals surface area (Å²) in [6.07, 6.45) is 3.42. The molecule has 3 heterocycles. The maximum atomic E-state index is 12.2. The minimum atomic E-state index is -0.526. The zero-order chi connectivity index (χ0) is 20.3. The van der Waals surface area contributed by atoms with E-state index in [-0.39, 0.29) is 17.6 Å². The van der Waals surface area contributed by atoms with Crippen molar-refractivity contribution in [3.05, 3.63) is 58.0 Å². The first-order chi connectivity index (χ1) is 13.3. The Kier molecular flexibility index (Phi) is 5.98. The lowest BCUT2D eigenvalue weighted by atomic mass is 10.2. The van der Waals surface area contributed by atoms with Crippen molar-refractivity contribution in [2.45, 2.75) is 33.9 Å². The lowest BCUT2D eigenvalue weighted by molar-refractivity contribution is -0.125. The Morgan fingerprint density at radius 3 is 2.71 bits per heavy atom. The van der Waals surface area contributed by atoms with E-state index in [1.807, 2.05) is 19.9 Å². The molecule has 3 aromatic rings. The molecule has 28 heavy (non-hydrogen) atoms. The Bertz CT molecular complexity index is 989. The van der Waals surface area contributed by atoms with Crippen LogP contribution in [0.1, 0.15) is 34.6 Å². The van der Waals surface area contributed by atoms with Gasteiger partial charge < -0.3 is 4.42 Å². The van der Waals surface area contributed by atoms with Crippen molar-refractivity contribution in [1.82, 2.24) is 30.4 Å². The molecular formula is C18H21BrN6O3. The summed E-state index contributed by atoms with van der Waals surface area (Å²) in [4.78, 5) is 24.4. The zero-order valence-electron chi connectivity index (χ0n) is 15.8. The van der Waals surface area contributed by atoms with Crippen molar-refractivity contribution in [2.75, 3.05) is 0 Å². The summed E-state index contributed by atoms with van der Waals surface area (Å²) < 4.78 is 9.84. The highest BCUT2D eigenvalue weighted by Gasteiger charge is 2.17. The highest BCUT2D eigenvalue weighted by molar-refractivity contribution is 9.10. The van der Waals surface area contributed by atoms with Gasteiger partial charge in [0.25, 0.3) is 0 Å². The third-order valence-corrected chi connectivity index (χ3v) is 4.51. The number of hydrogen-bond donors (Lipinski definition) is 2. The van der Waals surface area contributed by atoms with Crippen LogP contribution in [0.4, 0.5) is 0 Å². The predicted molar refractivity (Wildman–Crippen MR) is 104 cm³/mol. The Hall–Kier alpha value is -2.88. The second-order valence-corrected chi connectivity index (χ2v) is 7.49. The van der Waals surface area contributed by atoms with Gasteiger partial charge in [0, 0.05) is 11.9 Å². The van der Waals surface area contributed by atoms with E-state index < -0.39 is 5.91 Å². The van der Waals surface area contributed by atoms with Crippen LogP contribution in [0.5, 0.6) is 0 Å². The summed E-state index contributed by atoms with van der Waals surface area (Å²) >= 11 is 3.31. The van der Waals surface area contributed by atoms with Gasteiger partial charge in [-0.3, -0.25) is 29.8 Å². The maximum Gasteiger partial charge on any atom is 0.305 e. The molecule has 2 N–H and O–H groups in total. The summed E-state index contributed by atoms with van der Waals surface area (Å²) in [5.74, 6) is -0.525. The monoisotopic (exact) mass is 448 g/mol. The van der Waals surface area contributed by atoms with Gasteiger partial charge in [0.1, 0.15) is 5.76 Å². The number of rotatable bonds is 6. The van der Waals surface area contributed by atoms with Gasteiger partial charge in [-0.25, -0.2) is 0 Å². The van der Waals surface area contributed by atoms with E-state index in [1.54, 1.807) is 40.8 Å². The largest absolute Gasteiger partial charge is 0.454 e. The second kappa shape index (κ2) is 8.42. The summed E-state index contributed by atoms with van der Waals surface area (Å²) in [6, 6.07) is 5.24. The molecule has 0 radical (unpaired) electrons. The van der Waals surface area contributed by atoms with E-state index in [0.717, 1.165) is 15.9 Å². The van der Waals surface area contributed by atoms with Crippen LogP contribution in [0.3, 0.4) is 0 Å². The van der Waals surface area contributed by atoms with E-state index in [1.165, 1.54) is 0 Å². The number of hydrogen-bond acceptors (Lipinski definition) is 5. The fourth-order valence-corrected chi connectivity index (χ4v) is 3.00. The third-order valence-electron chi connectivity index (χ3n) is 4.10. The molecule has 148 valence electrons. The lowest BCUT2D eigenvalue weighted by Crippen LogP contribution is -2.44. The van der Waals surface area contributed by atoms with Crippen LogP contribution in [-0.2, 0) is 17.9 Å². The SMILES string of the molecule is Cc1cc(C)n(Cc2ccc(C(=O)NNC(=O)C(C)Cn3cc(Br)cn3)o2)n1. The number of nitrogens with zero attached hydrogens (tertiary/aromatic N) is 4. The van der Waals surface area contributed by atoms with E-state index in [0.29, 0.717) is 18.8 Å². The molecule has 0 aliphatic carbocycles. The summed E-state index contributed by atoms with van der Waals surface area (Å²) in [5, 5.41) is 8.47. The van der Waals surface area contributed by atoms with E-state index in [9.17, 15) is 9.59 Å². The van der Waals surface area contributed by atoms with E-state index in [4.69, 9.17) is 4.42 Å². The molecule has 1 atom stereocenters. The molecule has 0 fully saturated rings. The number of amides is 2. The Morgan fingerprint density at radius 2 is 2.07 bits per heavy atom. The molecule has 2 amide bonds. The van der Waals surface area contributed by atoms with Crippen LogP contribution in [0, 0.1) is 19.8 Å². The Morgan fingerprint density at radius 1 is 1.29 bits per heavy atom. The summed E-state index contributed by atoms with van der Waals surface area (Å²) in [7, 11) is 0. The number of carbonyl (C=O) groups is 2. The first-order valence-electron chi connectivity index (χ1n) is 8.69. The molecule has 1 unspecified atom stereocenters. The van der Waals surface area contributed by atoms with Crippen LogP contribution < -0.4 is 10.9 Å². The van der Waals surface area contributed by atoms with Crippen LogP contribution in [0.15, 0.2) is 39.5 Å². The van der Waals surface area contributed by atoms with Crippen molar-refractivity contribution in [1.29, 1.82) is 0 Å². The standard InChI is InChI=1S/C18H21BrN6O3/c1-11(8-24-9-14(19)7-20-24)17(26)21-22-18(27)16-5-4-15(28-16)10-25-13(3)6-12(2)23-25/h4-7,9,11H,8,10H2,1-3H3,(H,21,26)(H,22,27). The molecule has 0 aromatic carbocycles. The molecular weight excluding hydrogens is 428 g/mol. The number of aryl methyl sites for hydroxylation is 2. The van der Waals surface area contributed by atoms with Gasteiger partial charge in [0.2, 0.25) is 5.91 Å². The van der Waals surface area contributed by atoms with Crippen molar-refractivity contribution in [2.24, 2.45) is 5.92 Å². The topological polar surface area (TPSA) is 107 Å². The molecule has 10 heteroatoms. The van der Waals surface area contributed by atoms with Crippen LogP contribution >= 0.6 is 15.9 Å². The van der Waals surface area contributed by atoms with Gasteiger partial charge in [-0.2, -0.15) is 10.2 Å². The molecule has 0 bridgehead atoms. The smallest absolute Gasteiger partial charge is 0.305 e. The molecule has 3 aromatic heterocycles. The van der Waals surface area contributed by atoms with Crippen LogP contribution in [-0.4, -0.2) is 31.4 Å². The van der Waals surface area contributed by atoms with Crippen LogP contribution in [0.25, 0.3) is 0 Å². The van der Waals surface area contributed by atoms with Crippen molar-refractivity contribution < 1.29 is 14.0 Å². The minimum Gasteiger partial charge on any atom is -0.454 e. The van der Waals surface area contributed by atoms with Crippen molar-refractivity contribution in [3.8, 4) is 0 Å². The number of hydrazine groups is 1. The summed E-state index contributed by atoms with van der Waals surface area (Å²) in [6.45, 7) is 6.43. The van der Waals surface area contributed by atoms with Gasteiger partial charge >= 0.3 is 5.91 Å². The Balaban J connectivity index is 1.51. The van der Waals surface area contributed by atoms with Crippen molar-refractivity contribution in [3.63, 3.8) is 0 Å². The normalized spacial score (nSPS) is 12.0. The average Bonchev–Trinajstić information content (AvgIpc) is 3.34. The molecule has 0 aliphatic rings. The van der Waals surface area contributed by atoms with E-state index in [2.05, 4.69) is 37.0 Å².